The van der Waals surface area contributed by atoms with Gasteiger partial charge >= 0.3 is 0 Å². The van der Waals surface area contributed by atoms with Gasteiger partial charge in [0, 0.05) is 29.6 Å². The number of hydrogen-bond donors (Lipinski definition) is 3. The Balaban J connectivity index is 1.86. The van der Waals surface area contributed by atoms with Gasteiger partial charge in [0.05, 0.1) is 18.7 Å². The zero-order valence-electron chi connectivity index (χ0n) is 16.0. The van der Waals surface area contributed by atoms with Crippen LogP contribution in [0.2, 0.25) is 0 Å². The number of fused-ring (bicyclic) bond motifs is 1. The molecule has 3 aromatic rings. The number of rotatable bonds is 6. The molecule has 142 valence electrons. The second-order valence-electron chi connectivity index (χ2n) is 7.52. The number of aliphatic hydroxyl groups is 1. The minimum absolute atomic E-state index is 0.183. The van der Waals surface area contributed by atoms with Crippen LogP contribution in [0.25, 0.3) is 10.9 Å². The summed E-state index contributed by atoms with van der Waals surface area (Å²) in [5.41, 5.74) is 8.81. The van der Waals surface area contributed by atoms with Crippen molar-refractivity contribution in [3.05, 3.63) is 71.9 Å². The second kappa shape index (κ2) is 7.55. The van der Waals surface area contributed by atoms with Crippen molar-refractivity contribution < 1.29 is 9.90 Å². The molecule has 0 bridgehead atoms. The fourth-order valence-electron chi connectivity index (χ4n) is 3.53. The number of hydrogen-bond acceptors (Lipinski definition) is 3. The average Bonchev–Trinajstić information content (AvgIpc) is 3.03. The molecular formula is C22H27N3O2. The molecule has 2 atom stereocenters. The molecule has 0 unspecified atom stereocenters. The van der Waals surface area contributed by atoms with Crippen molar-refractivity contribution in [3.8, 4) is 0 Å². The van der Waals surface area contributed by atoms with Crippen LogP contribution < -0.4 is 11.1 Å². The lowest BCUT2D eigenvalue weighted by molar-refractivity contribution is -0.124. The maximum absolute atomic E-state index is 12.9. The molecule has 0 spiro atoms. The predicted octanol–water partition coefficient (Wildman–Crippen LogP) is 2.63. The molecule has 5 heteroatoms. The van der Waals surface area contributed by atoms with Gasteiger partial charge in [-0.15, -0.1) is 0 Å². The second-order valence-corrected chi connectivity index (χ2v) is 7.52. The van der Waals surface area contributed by atoms with Gasteiger partial charge in [-0.25, -0.2) is 0 Å². The number of aromatic nitrogens is 1. The van der Waals surface area contributed by atoms with Crippen LogP contribution in [0.1, 0.15) is 31.0 Å². The smallest absolute Gasteiger partial charge is 0.238 e. The van der Waals surface area contributed by atoms with Gasteiger partial charge < -0.3 is 20.7 Å². The van der Waals surface area contributed by atoms with E-state index in [1.54, 1.807) is 0 Å². The lowest BCUT2D eigenvalue weighted by Gasteiger charge is -2.32. The number of para-hydroxylation sites is 1. The van der Waals surface area contributed by atoms with Crippen molar-refractivity contribution >= 4 is 16.8 Å². The summed E-state index contributed by atoms with van der Waals surface area (Å²) in [5, 5.41) is 13.7. The molecule has 5 nitrogen and oxygen atoms in total. The minimum atomic E-state index is -0.763. The number of aliphatic hydroxyl groups excluding tert-OH is 1. The monoisotopic (exact) mass is 365 g/mol. The summed E-state index contributed by atoms with van der Waals surface area (Å²) in [6, 6.07) is 16.3. The third-order valence-corrected chi connectivity index (χ3v) is 5.35. The van der Waals surface area contributed by atoms with E-state index in [1.807, 2.05) is 69.6 Å². The van der Waals surface area contributed by atoms with Gasteiger partial charge in [-0.1, -0.05) is 62.4 Å². The number of aryl methyl sites for hydroxylation is 1. The number of carbonyl (C=O) groups is 1. The maximum atomic E-state index is 12.9. The first-order chi connectivity index (χ1) is 12.9. The summed E-state index contributed by atoms with van der Waals surface area (Å²) in [6.07, 6.45) is 2.04. The number of carbonyl (C=O) groups excluding carboxylic acids is 1. The highest BCUT2D eigenvalue weighted by Gasteiger charge is 2.36. The van der Waals surface area contributed by atoms with E-state index in [2.05, 4.69) is 22.0 Å². The van der Waals surface area contributed by atoms with Gasteiger partial charge in [-0.2, -0.15) is 0 Å². The van der Waals surface area contributed by atoms with E-state index in [-0.39, 0.29) is 12.5 Å². The summed E-state index contributed by atoms with van der Waals surface area (Å²) < 4.78 is 2.05. The van der Waals surface area contributed by atoms with Gasteiger partial charge in [0.25, 0.3) is 0 Å². The molecule has 0 aliphatic heterocycles. The van der Waals surface area contributed by atoms with E-state index < -0.39 is 17.5 Å². The summed E-state index contributed by atoms with van der Waals surface area (Å²) in [7, 11) is 1.99. The lowest BCUT2D eigenvalue weighted by Crippen LogP contribution is -2.53. The molecule has 0 saturated heterocycles. The largest absolute Gasteiger partial charge is 0.394 e. The van der Waals surface area contributed by atoms with Crippen molar-refractivity contribution in [1.29, 1.82) is 0 Å². The molecule has 0 fully saturated rings. The number of nitrogens with two attached hydrogens (primary N) is 1. The van der Waals surface area contributed by atoms with E-state index in [9.17, 15) is 9.90 Å². The molecule has 0 aliphatic carbocycles. The Hall–Kier alpha value is -2.63. The van der Waals surface area contributed by atoms with Crippen LogP contribution in [0, 0.1) is 0 Å². The van der Waals surface area contributed by atoms with E-state index in [1.165, 1.54) is 0 Å². The number of amides is 1. The van der Waals surface area contributed by atoms with E-state index in [4.69, 9.17) is 5.73 Å². The average molecular weight is 365 g/mol. The van der Waals surface area contributed by atoms with Crippen molar-refractivity contribution in [1.82, 2.24) is 9.88 Å². The molecule has 0 aliphatic rings. The van der Waals surface area contributed by atoms with E-state index >= 15 is 0 Å². The minimum Gasteiger partial charge on any atom is -0.394 e. The van der Waals surface area contributed by atoms with Crippen molar-refractivity contribution in [3.63, 3.8) is 0 Å². The first-order valence-electron chi connectivity index (χ1n) is 9.12. The Kier molecular flexibility index (Phi) is 5.35. The van der Waals surface area contributed by atoms with Crippen LogP contribution in [0.15, 0.2) is 60.8 Å². The molecule has 1 aromatic heterocycles. The fraction of sp³-hybridized carbons (Fsp3) is 0.318. The normalized spacial score (nSPS) is 14.1. The molecule has 3 rings (SSSR count). The standard InChI is InChI=1S/C22H27N3O2/c1-22(2,17-13-25(3)19-12-8-7-11-16(17)19)20(23)21(27)24-18(14-26)15-9-5-4-6-10-15/h4-13,18,20,26H,14,23H2,1-3H3,(H,24,27)/t18-,20+/m0/s1. The summed E-state index contributed by atoms with van der Waals surface area (Å²) in [4.78, 5) is 12.9. The van der Waals surface area contributed by atoms with Gasteiger partial charge in [-0.05, 0) is 17.2 Å². The van der Waals surface area contributed by atoms with Gasteiger partial charge in [0.1, 0.15) is 0 Å². The molecular weight excluding hydrogens is 338 g/mol. The highest BCUT2D eigenvalue weighted by atomic mass is 16.3. The van der Waals surface area contributed by atoms with Crippen LogP contribution in [0.4, 0.5) is 0 Å². The molecule has 2 aromatic carbocycles. The molecule has 0 radical (unpaired) electrons. The third-order valence-electron chi connectivity index (χ3n) is 5.35. The predicted molar refractivity (Wildman–Crippen MR) is 108 cm³/mol. The molecule has 1 amide bonds. The first kappa shape index (κ1) is 19.1. The Bertz CT molecular complexity index is 931. The molecule has 0 saturated carbocycles. The molecule has 27 heavy (non-hydrogen) atoms. The van der Waals surface area contributed by atoms with Crippen molar-refractivity contribution in [2.45, 2.75) is 31.3 Å². The van der Waals surface area contributed by atoms with Crippen LogP contribution in [0.5, 0.6) is 0 Å². The topological polar surface area (TPSA) is 80.3 Å². The van der Waals surface area contributed by atoms with Crippen molar-refractivity contribution in [2.75, 3.05) is 6.61 Å². The SMILES string of the molecule is Cn1cc(C(C)(C)[C@H](N)C(=O)N[C@@H](CO)c2ccccc2)c2ccccc21. The summed E-state index contributed by atoms with van der Waals surface area (Å²) >= 11 is 0. The highest BCUT2D eigenvalue weighted by molar-refractivity contribution is 5.89. The quantitative estimate of drug-likeness (QED) is 0.628. The summed E-state index contributed by atoms with van der Waals surface area (Å²) in [6.45, 7) is 3.78. The number of nitrogens with one attached hydrogen (secondary N) is 1. The zero-order valence-corrected chi connectivity index (χ0v) is 16.0. The van der Waals surface area contributed by atoms with Crippen LogP contribution in [0.3, 0.4) is 0 Å². The van der Waals surface area contributed by atoms with Gasteiger partial charge in [-0.3, -0.25) is 4.79 Å². The molecule has 1 heterocycles. The van der Waals surface area contributed by atoms with Crippen LogP contribution in [-0.2, 0) is 17.3 Å². The number of benzene rings is 2. The highest BCUT2D eigenvalue weighted by Crippen LogP contribution is 2.34. The van der Waals surface area contributed by atoms with Gasteiger partial charge in [0.2, 0.25) is 5.91 Å². The van der Waals surface area contributed by atoms with Crippen LogP contribution >= 0.6 is 0 Å². The number of nitrogens with zero attached hydrogens (tertiary/aromatic N) is 1. The Morgan fingerprint density at radius 2 is 1.78 bits per heavy atom. The van der Waals surface area contributed by atoms with E-state index in [0.717, 1.165) is 22.0 Å². The first-order valence-corrected chi connectivity index (χ1v) is 9.12. The third kappa shape index (κ3) is 3.61. The summed E-state index contributed by atoms with van der Waals surface area (Å²) in [5.74, 6) is -0.282. The van der Waals surface area contributed by atoms with Gasteiger partial charge in [0.15, 0.2) is 0 Å². The zero-order chi connectivity index (χ0) is 19.6. The maximum Gasteiger partial charge on any atom is 0.238 e. The fourth-order valence-corrected chi connectivity index (χ4v) is 3.53. The van der Waals surface area contributed by atoms with E-state index in [0.29, 0.717) is 0 Å². The Labute approximate surface area is 159 Å². The Morgan fingerprint density at radius 3 is 2.44 bits per heavy atom. The lowest BCUT2D eigenvalue weighted by atomic mass is 9.77. The van der Waals surface area contributed by atoms with Crippen LogP contribution in [-0.4, -0.2) is 28.2 Å². The van der Waals surface area contributed by atoms with Crippen molar-refractivity contribution in [2.24, 2.45) is 12.8 Å². The Morgan fingerprint density at radius 1 is 1.15 bits per heavy atom. The molecule has 4 N–H and O–H groups in total.